The highest BCUT2D eigenvalue weighted by atomic mass is 32.2. The Kier molecular flexibility index (Phi) is 6.69. The molecular formula is C28H32N4O2S2. The SMILES string of the molecule is O=S(=O)(c1cccc2ncccc12)N1CCCC[C@H]1CCN1CCN(c2cccc3sccc23)CC1. The molecule has 0 unspecified atom stereocenters. The number of hydrogen-bond acceptors (Lipinski definition) is 6. The number of fused-ring (bicyclic) bond motifs is 2. The molecule has 2 aliphatic heterocycles. The average Bonchev–Trinajstić information content (AvgIpc) is 3.41. The molecule has 2 aromatic heterocycles. The van der Waals surface area contributed by atoms with E-state index in [1.165, 1.54) is 15.8 Å². The monoisotopic (exact) mass is 520 g/mol. The third-order valence-electron chi connectivity index (χ3n) is 7.73. The van der Waals surface area contributed by atoms with Crippen molar-refractivity contribution < 1.29 is 8.42 Å². The van der Waals surface area contributed by atoms with Crippen LogP contribution in [-0.4, -0.2) is 67.9 Å². The summed E-state index contributed by atoms with van der Waals surface area (Å²) in [6.45, 7) is 5.56. The molecule has 1 atom stereocenters. The Hall–Kier alpha value is -2.52. The van der Waals surface area contributed by atoms with Gasteiger partial charge in [-0.2, -0.15) is 4.31 Å². The summed E-state index contributed by atoms with van der Waals surface area (Å²) in [5.41, 5.74) is 2.06. The van der Waals surface area contributed by atoms with E-state index in [1.807, 2.05) is 18.2 Å². The summed E-state index contributed by atoms with van der Waals surface area (Å²) in [6.07, 6.45) is 5.53. The Balaban J connectivity index is 1.13. The van der Waals surface area contributed by atoms with Gasteiger partial charge in [-0.15, -0.1) is 11.3 Å². The summed E-state index contributed by atoms with van der Waals surface area (Å²) >= 11 is 1.80. The fourth-order valence-electron chi connectivity index (χ4n) is 5.80. The predicted octanol–water partition coefficient (Wildman–Crippen LogP) is 5.21. The molecule has 4 aromatic rings. The van der Waals surface area contributed by atoms with Crippen LogP contribution in [0, 0.1) is 0 Å². The lowest BCUT2D eigenvalue weighted by Gasteiger charge is -2.39. The zero-order valence-electron chi connectivity index (χ0n) is 20.4. The van der Waals surface area contributed by atoms with E-state index in [4.69, 9.17) is 0 Å². The highest BCUT2D eigenvalue weighted by Crippen LogP contribution is 2.32. The first-order valence-corrected chi connectivity index (χ1v) is 15.2. The second kappa shape index (κ2) is 10.1. The summed E-state index contributed by atoms with van der Waals surface area (Å²) < 4.78 is 30.8. The van der Waals surface area contributed by atoms with Gasteiger partial charge in [0.1, 0.15) is 0 Å². The van der Waals surface area contributed by atoms with Crippen molar-refractivity contribution in [3.05, 3.63) is 66.2 Å². The maximum Gasteiger partial charge on any atom is 0.243 e. The molecule has 2 fully saturated rings. The number of nitrogens with zero attached hydrogens (tertiary/aromatic N) is 4. The topological polar surface area (TPSA) is 56.8 Å². The second-order valence-electron chi connectivity index (χ2n) is 9.82. The number of piperazine rings is 1. The van der Waals surface area contributed by atoms with E-state index in [0.29, 0.717) is 16.8 Å². The van der Waals surface area contributed by atoms with Crippen molar-refractivity contribution in [2.45, 2.75) is 36.6 Å². The number of aromatic nitrogens is 1. The molecule has 36 heavy (non-hydrogen) atoms. The van der Waals surface area contributed by atoms with E-state index in [0.717, 1.165) is 63.9 Å². The van der Waals surface area contributed by atoms with Gasteiger partial charge >= 0.3 is 0 Å². The minimum absolute atomic E-state index is 0.0493. The number of pyridine rings is 1. The van der Waals surface area contributed by atoms with Gasteiger partial charge in [0, 0.05) is 66.1 Å². The van der Waals surface area contributed by atoms with Crippen molar-refractivity contribution >= 4 is 48.0 Å². The van der Waals surface area contributed by atoms with Crippen LogP contribution in [0.4, 0.5) is 5.69 Å². The van der Waals surface area contributed by atoms with E-state index in [9.17, 15) is 8.42 Å². The normalized spacial score (nSPS) is 20.3. The van der Waals surface area contributed by atoms with Gasteiger partial charge in [0.05, 0.1) is 10.4 Å². The number of benzene rings is 2. The van der Waals surface area contributed by atoms with Crippen molar-refractivity contribution in [1.82, 2.24) is 14.2 Å². The smallest absolute Gasteiger partial charge is 0.243 e. The molecule has 2 saturated heterocycles. The average molecular weight is 521 g/mol. The Morgan fingerprint density at radius 2 is 1.75 bits per heavy atom. The van der Waals surface area contributed by atoms with Crippen LogP contribution in [0.25, 0.3) is 21.0 Å². The summed E-state index contributed by atoms with van der Waals surface area (Å²) in [5, 5.41) is 4.23. The first kappa shape index (κ1) is 23.9. The summed E-state index contributed by atoms with van der Waals surface area (Å²) in [7, 11) is -3.58. The molecule has 8 heteroatoms. The van der Waals surface area contributed by atoms with E-state index in [1.54, 1.807) is 34.0 Å². The molecule has 188 valence electrons. The lowest BCUT2D eigenvalue weighted by Crippen LogP contribution is -2.49. The van der Waals surface area contributed by atoms with Gasteiger partial charge in [-0.1, -0.05) is 18.6 Å². The van der Waals surface area contributed by atoms with Crippen LogP contribution in [0.2, 0.25) is 0 Å². The molecule has 6 rings (SSSR count). The largest absolute Gasteiger partial charge is 0.368 e. The molecule has 0 N–H and O–H groups in total. The van der Waals surface area contributed by atoms with Crippen molar-refractivity contribution in [3.8, 4) is 0 Å². The summed E-state index contributed by atoms with van der Waals surface area (Å²) in [5.74, 6) is 0. The van der Waals surface area contributed by atoms with Crippen LogP contribution in [0.15, 0.2) is 71.1 Å². The van der Waals surface area contributed by atoms with E-state index >= 15 is 0 Å². The van der Waals surface area contributed by atoms with E-state index < -0.39 is 10.0 Å². The van der Waals surface area contributed by atoms with Gasteiger partial charge in [-0.3, -0.25) is 9.88 Å². The van der Waals surface area contributed by atoms with Crippen LogP contribution in [0.5, 0.6) is 0 Å². The third-order valence-corrected chi connectivity index (χ3v) is 10.6. The molecule has 0 saturated carbocycles. The van der Waals surface area contributed by atoms with Crippen molar-refractivity contribution in [2.24, 2.45) is 0 Å². The molecule has 0 spiro atoms. The van der Waals surface area contributed by atoms with Crippen molar-refractivity contribution in [2.75, 3.05) is 44.2 Å². The summed E-state index contributed by atoms with van der Waals surface area (Å²) in [4.78, 5) is 9.75. The first-order valence-electron chi connectivity index (χ1n) is 12.9. The maximum absolute atomic E-state index is 13.8. The summed E-state index contributed by atoms with van der Waals surface area (Å²) in [6, 6.07) is 18.0. The molecule has 6 nitrogen and oxygen atoms in total. The molecule has 0 bridgehead atoms. The third kappa shape index (κ3) is 4.52. The minimum atomic E-state index is -3.58. The molecule has 0 amide bonds. The van der Waals surface area contributed by atoms with Crippen LogP contribution in [0.1, 0.15) is 25.7 Å². The van der Waals surface area contributed by atoms with Gasteiger partial charge < -0.3 is 4.90 Å². The van der Waals surface area contributed by atoms with Gasteiger partial charge in [0.2, 0.25) is 10.0 Å². The maximum atomic E-state index is 13.8. The molecule has 0 aliphatic carbocycles. The molecule has 0 radical (unpaired) electrons. The number of sulfonamides is 1. The van der Waals surface area contributed by atoms with Crippen molar-refractivity contribution in [1.29, 1.82) is 0 Å². The lowest BCUT2D eigenvalue weighted by molar-refractivity contribution is 0.193. The van der Waals surface area contributed by atoms with Gasteiger partial charge in [-0.25, -0.2) is 8.42 Å². The van der Waals surface area contributed by atoms with Gasteiger partial charge in [0.15, 0.2) is 0 Å². The molecule has 2 aliphatic rings. The van der Waals surface area contributed by atoms with Crippen LogP contribution in [0.3, 0.4) is 0 Å². The number of hydrogen-bond donors (Lipinski definition) is 0. The van der Waals surface area contributed by atoms with E-state index in [-0.39, 0.29) is 6.04 Å². The number of thiophene rings is 1. The Bertz CT molecular complexity index is 1460. The number of anilines is 1. The zero-order valence-corrected chi connectivity index (χ0v) is 22.1. The first-order chi connectivity index (χ1) is 17.6. The van der Waals surface area contributed by atoms with Crippen LogP contribution in [-0.2, 0) is 10.0 Å². The fourth-order valence-corrected chi connectivity index (χ4v) is 8.54. The Morgan fingerprint density at radius 3 is 2.64 bits per heavy atom. The number of piperidine rings is 1. The van der Waals surface area contributed by atoms with Crippen LogP contribution >= 0.6 is 11.3 Å². The Labute approximate surface area is 217 Å². The van der Waals surface area contributed by atoms with Gasteiger partial charge in [0.25, 0.3) is 0 Å². The van der Waals surface area contributed by atoms with E-state index in [2.05, 4.69) is 44.4 Å². The molecule has 2 aromatic carbocycles. The lowest BCUT2D eigenvalue weighted by atomic mass is 10.0. The van der Waals surface area contributed by atoms with Gasteiger partial charge in [-0.05, 0) is 73.7 Å². The molecule has 4 heterocycles. The standard InChI is InChI=1S/C28H32N4O2S2/c33-36(34,28-11-3-8-25-23(28)7-5-14-29-25)32-15-2-1-6-22(32)12-16-30-17-19-31(20-18-30)26-9-4-10-27-24(26)13-21-35-27/h3-5,7-11,13-14,21-22H,1-2,6,12,15-20H2/t22-/m0/s1. The van der Waals surface area contributed by atoms with Crippen LogP contribution < -0.4 is 4.90 Å². The fraction of sp³-hybridized carbons (Fsp3) is 0.393. The zero-order chi connectivity index (χ0) is 24.5. The highest BCUT2D eigenvalue weighted by Gasteiger charge is 2.34. The van der Waals surface area contributed by atoms with Crippen molar-refractivity contribution in [3.63, 3.8) is 0 Å². The molecular weight excluding hydrogens is 488 g/mol. The second-order valence-corrected chi connectivity index (χ2v) is 12.6. The number of rotatable bonds is 6. The Morgan fingerprint density at radius 1 is 0.889 bits per heavy atom. The highest BCUT2D eigenvalue weighted by molar-refractivity contribution is 7.89. The predicted molar refractivity (Wildman–Crippen MR) is 148 cm³/mol. The minimum Gasteiger partial charge on any atom is -0.368 e. The quantitative estimate of drug-likeness (QED) is 0.350.